The molecule has 0 aromatic carbocycles. The molecule has 0 spiro atoms. The van der Waals surface area contributed by atoms with Crippen molar-refractivity contribution in [3.8, 4) is 0 Å². The second-order valence-corrected chi connectivity index (χ2v) is 18.8. The van der Waals surface area contributed by atoms with Gasteiger partial charge in [0.1, 0.15) is 6.04 Å². The number of rotatable bonds is 13. The molecule has 8 nitrogen and oxygen atoms in total. The first-order chi connectivity index (χ1) is 21.8. The van der Waals surface area contributed by atoms with Crippen LogP contribution < -0.4 is 21.7 Å². The number of aldehydes is 1. The number of fused-ring (bicyclic) bond motifs is 1. The average Bonchev–Trinajstić information content (AvgIpc) is 3.23. The normalized spacial score (nSPS) is 23.6. The lowest BCUT2D eigenvalue weighted by molar-refractivity contribution is -0.127. The van der Waals surface area contributed by atoms with Gasteiger partial charge in [-0.25, -0.2) is 4.79 Å². The first-order valence-corrected chi connectivity index (χ1v) is 18.2. The molecule has 0 aromatic heterocycles. The molecule has 3 rings (SSSR count). The van der Waals surface area contributed by atoms with Gasteiger partial charge in [0, 0.05) is 36.8 Å². The van der Waals surface area contributed by atoms with Gasteiger partial charge in [0.05, 0.1) is 5.70 Å². The van der Waals surface area contributed by atoms with E-state index in [-0.39, 0.29) is 63.5 Å². The Bertz CT molecular complexity index is 1180. The number of carbonyl (C=O) groups is 3. The van der Waals surface area contributed by atoms with Gasteiger partial charge in [0.15, 0.2) is 6.29 Å². The van der Waals surface area contributed by atoms with Crippen LogP contribution in [0.3, 0.4) is 0 Å². The lowest BCUT2D eigenvalue weighted by Gasteiger charge is -2.39. The van der Waals surface area contributed by atoms with Crippen LogP contribution in [0, 0.1) is 39.4 Å². The van der Waals surface area contributed by atoms with Gasteiger partial charge in [-0.3, -0.25) is 9.59 Å². The van der Waals surface area contributed by atoms with Gasteiger partial charge in [-0.2, -0.15) is 0 Å². The van der Waals surface area contributed by atoms with Gasteiger partial charge >= 0.3 is 6.03 Å². The molecule has 0 radical (unpaired) electrons. The Morgan fingerprint density at radius 3 is 1.90 bits per heavy atom. The van der Waals surface area contributed by atoms with Crippen molar-refractivity contribution in [2.24, 2.45) is 45.1 Å². The van der Waals surface area contributed by atoms with E-state index in [4.69, 9.17) is 5.73 Å². The zero-order valence-electron chi connectivity index (χ0n) is 32.6. The van der Waals surface area contributed by atoms with E-state index in [1.807, 2.05) is 0 Å². The molecule has 48 heavy (non-hydrogen) atoms. The first-order valence-electron chi connectivity index (χ1n) is 18.2. The Labute approximate surface area is 293 Å². The third kappa shape index (κ3) is 11.4. The van der Waals surface area contributed by atoms with E-state index < -0.39 is 0 Å². The quantitative estimate of drug-likeness (QED) is 0.0911. The maximum atomic E-state index is 13.8. The van der Waals surface area contributed by atoms with E-state index in [9.17, 15) is 14.4 Å². The minimum Gasteiger partial charge on any atom is -0.397 e. The summed E-state index contributed by atoms with van der Waals surface area (Å²) < 4.78 is 0. The lowest BCUT2D eigenvalue weighted by atomic mass is 9.79. The second-order valence-electron chi connectivity index (χ2n) is 18.8. The number of nitrogens with two attached hydrogens (primary N) is 1. The zero-order chi connectivity index (χ0) is 37.0. The van der Waals surface area contributed by atoms with Gasteiger partial charge in [-0.05, 0) is 65.6 Å². The number of nitrogens with zero attached hydrogens (tertiary/aromatic N) is 1. The highest BCUT2D eigenvalue weighted by Crippen LogP contribution is 2.65. The number of hydrogen-bond donors (Lipinski definition) is 4. The van der Waals surface area contributed by atoms with Crippen LogP contribution >= 0.6 is 0 Å². The third-order valence-electron chi connectivity index (χ3n) is 11.3. The largest absolute Gasteiger partial charge is 0.397 e. The second kappa shape index (κ2) is 15.8. The molecule has 0 bridgehead atoms. The van der Waals surface area contributed by atoms with Crippen LogP contribution in [0.2, 0.25) is 0 Å². The molecule has 2 saturated carbocycles. The van der Waals surface area contributed by atoms with Crippen molar-refractivity contribution >= 4 is 18.2 Å². The maximum Gasteiger partial charge on any atom is 0.315 e. The Balaban J connectivity index is 0.00000149. The highest BCUT2D eigenvalue weighted by atomic mass is 16.2. The van der Waals surface area contributed by atoms with Crippen LogP contribution in [0.15, 0.2) is 36.7 Å². The van der Waals surface area contributed by atoms with Gasteiger partial charge in [-0.1, -0.05) is 121 Å². The summed E-state index contributed by atoms with van der Waals surface area (Å²) in [7, 11) is 0. The summed E-state index contributed by atoms with van der Waals surface area (Å²) in [5.74, 6) is 1.76. The number of hydrogen-bond acceptors (Lipinski definition) is 5. The molecule has 1 heterocycles. The van der Waals surface area contributed by atoms with Crippen molar-refractivity contribution in [1.29, 1.82) is 0 Å². The molecule has 0 aromatic rings. The van der Waals surface area contributed by atoms with Gasteiger partial charge < -0.3 is 26.6 Å². The molecule has 6 atom stereocenters. The fourth-order valence-electron chi connectivity index (χ4n) is 7.23. The summed E-state index contributed by atoms with van der Waals surface area (Å²) in [5.41, 5.74) is 6.91. The number of nitrogens with one attached hydrogen (secondary N) is 3. The van der Waals surface area contributed by atoms with E-state index in [1.165, 1.54) is 24.8 Å². The maximum absolute atomic E-state index is 13.8. The molecule has 2 aliphatic carbocycles. The number of piperidine rings is 1. The molecule has 3 fully saturated rings. The molecule has 5 N–H and O–H groups in total. The van der Waals surface area contributed by atoms with Crippen LogP contribution in [0.4, 0.5) is 4.79 Å². The van der Waals surface area contributed by atoms with Crippen molar-refractivity contribution < 1.29 is 14.4 Å². The monoisotopic (exact) mass is 670 g/mol. The Morgan fingerprint density at radius 2 is 1.46 bits per heavy atom. The Hall–Kier alpha value is -2.77. The highest BCUT2D eigenvalue weighted by molar-refractivity contribution is 5.84. The number of urea groups is 1. The number of allylic oxidation sites excluding steroid dienone is 2. The molecule has 4 unspecified atom stereocenters. The van der Waals surface area contributed by atoms with Crippen LogP contribution in [-0.2, 0) is 9.59 Å². The standard InChI is InChI=1S/C37H66N4O2.C3H5NO/c1-23(34(4,5)6)18-19-28(35(7,8)9)39-33(43)40-29(36(10,11)12)21-25(3)41-22-27-30(37(27,13)14)31(41)32(42)38-24(2)20-26-16-15-17-26;1-3(4)2-5/h24,26-31H,1,3,15-22H2,2,4-14H3,(H,38,42)(H2,39,40,43);2H,1,4H2/t24?,27-,28?,29?,30-,31?;/m0./s1. The summed E-state index contributed by atoms with van der Waals surface area (Å²) in [6.45, 7) is 39.1. The number of likely N-dealkylation sites (tertiary alicyclic amines) is 1. The predicted octanol–water partition coefficient (Wildman–Crippen LogP) is 7.71. The third-order valence-corrected chi connectivity index (χ3v) is 11.3. The summed E-state index contributed by atoms with van der Waals surface area (Å²) in [4.78, 5) is 38.8. The van der Waals surface area contributed by atoms with Gasteiger partial charge in [0.2, 0.25) is 5.91 Å². The topological polar surface area (TPSA) is 117 Å². The molecule has 8 heteroatoms. The fraction of sp³-hybridized carbons (Fsp3) is 0.775. The summed E-state index contributed by atoms with van der Waals surface area (Å²) >= 11 is 0. The van der Waals surface area contributed by atoms with E-state index in [0.29, 0.717) is 24.5 Å². The molecule has 3 amide bonds. The van der Waals surface area contributed by atoms with Gasteiger partial charge in [-0.15, -0.1) is 0 Å². The lowest BCUT2D eigenvalue weighted by Crippen LogP contribution is -2.54. The van der Waals surface area contributed by atoms with Crippen LogP contribution in [0.25, 0.3) is 0 Å². The van der Waals surface area contributed by atoms with Gasteiger partial charge in [0.25, 0.3) is 0 Å². The minimum atomic E-state index is -0.188. The average molecular weight is 670 g/mol. The SMILES string of the molecule is C=C(CC(NC(=O)NC(CCC(=C)C(C)(C)C)C(C)(C)C)C(C)(C)C)N1C[C@H]2[C@@H](C1C(=O)NC(C)CC1CCC1)C2(C)C.C=C(N)C=O. The van der Waals surface area contributed by atoms with E-state index in [1.54, 1.807) is 0 Å². The molecule has 274 valence electrons. The Kier molecular flexibility index (Phi) is 13.7. The summed E-state index contributed by atoms with van der Waals surface area (Å²) in [6.07, 6.45) is 7.82. The molecule has 1 aliphatic heterocycles. The summed E-state index contributed by atoms with van der Waals surface area (Å²) in [5, 5.41) is 10.0. The first kappa shape index (κ1) is 41.4. The van der Waals surface area contributed by atoms with E-state index in [2.05, 4.69) is 124 Å². The molecule has 1 saturated heterocycles. The van der Waals surface area contributed by atoms with E-state index in [0.717, 1.165) is 37.4 Å². The minimum absolute atomic E-state index is 0.0124. The van der Waals surface area contributed by atoms with Crippen LogP contribution in [0.5, 0.6) is 0 Å². The Morgan fingerprint density at radius 1 is 0.938 bits per heavy atom. The number of amides is 3. The predicted molar refractivity (Wildman–Crippen MR) is 200 cm³/mol. The molecular formula is C40H71N5O3. The van der Waals surface area contributed by atoms with Crippen molar-refractivity contribution in [3.05, 3.63) is 36.7 Å². The van der Waals surface area contributed by atoms with Crippen LogP contribution in [-0.4, -0.2) is 53.8 Å². The van der Waals surface area contributed by atoms with Crippen molar-refractivity contribution in [3.63, 3.8) is 0 Å². The smallest absolute Gasteiger partial charge is 0.315 e. The van der Waals surface area contributed by atoms with Crippen molar-refractivity contribution in [2.45, 2.75) is 152 Å². The molecule has 3 aliphatic rings. The summed E-state index contributed by atoms with van der Waals surface area (Å²) in [6, 6.07) is -0.252. The van der Waals surface area contributed by atoms with Crippen molar-refractivity contribution in [2.75, 3.05) is 6.54 Å². The molecular weight excluding hydrogens is 598 g/mol. The van der Waals surface area contributed by atoms with Crippen molar-refractivity contribution in [1.82, 2.24) is 20.9 Å². The fourth-order valence-corrected chi connectivity index (χ4v) is 7.23. The highest BCUT2D eigenvalue weighted by Gasteiger charge is 2.68. The van der Waals surface area contributed by atoms with E-state index >= 15 is 0 Å². The van der Waals surface area contributed by atoms with Crippen LogP contribution in [0.1, 0.15) is 128 Å². The zero-order valence-corrected chi connectivity index (χ0v) is 32.6. The number of carbonyl (C=O) groups excluding carboxylic acids is 3.